The third-order valence-corrected chi connectivity index (χ3v) is 3.77. The first kappa shape index (κ1) is 11.5. The topological polar surface area (TPSA) is 43.4 Å². The van der Waals surface area contributed by atoms with Gasteiger partial charge in [-0.3, -0.25) is 4.18 Å². The molecule has 1 rings (SSSR count). The van der Waals surface area contributed by atoms with E-state index in [2.05, 4.69) is 4.18 Å². The highest BCUT2D eigenvalue weighted by Crippen LogP contribution is 2.24. The van der Waals surface area contributed by atoms with E-state index >= 15 is 0 Å². The van der Waals surface area contributed by atoms with E-state index in [1.807, 2.05) is 0 Å². The van der Waals surface area contributed by atoms with Crippen LogP contribution in [0.25, 0.3) is 0 Å². The van der Waals surface area contributed by atoms with Crippen LogP contribution in [0.3, 0.4) is 0 Å². The fraction of sp³-hybridized carbons (Fsp3) is 0.333. The summed E-state index contributed by atoms with van der Waals surface area (Å²) in [4.78, 5) is 0.138. The van der Waals surface area contributed by atoms with Crippen LogP contribution in [0.4, 0.5) is 0 Å². The molecule has 3 nitrogen and oxygen atoms in total. The molecule has 0 N–H and O–H groups in total. The summed E-state index contributed by atoms with van der Waals surface area (Å²) in [5, 5.41) is 0.583. The monoisotopic (exact) mass is 234 g/mol. The molecule has 0 saturated heterocycles. The first-order valence-corrected chi connectivity index (χ1v) is 5.74. The summed E-state index contributed by atoms with van der Waals surface area (Å²) in [6.45, 7) is 3.51. The molecule has 78 valence electrons. The fourth-order valence-corrected chi connectivity index (χ4v) is 2.09. The Morgan fingerprint density at radius 1 is 1.21 bits per heavy atom. The minimum atomic E-state index is -3.62. The van der Waals surface area contributed by atoms with E-state index in [1.165, 1.54) is 12.1 Å². The Kier molecular flexibility index (Phi) is 3.19. The van der Waals surface area contributed by atoms with Crippen molar-refractivity contribution in [3.63, 3.8) is 0 Å². The molecule has 0 aliphatic rings. The Balaban J connectivity index is 3.41. The van der Waals surface area contributed by atoms with Crippen LogP contribution < -0.4 is 0 Å². The maximum Gasteiger partial charge on any atom is 0.296 e. The molecule has 0 aliphatic carbocycles. The zero-order valence-corrected chi connectivity index (χ0v) is 9.74. The van der Waals surface area contributed by atoms with E-state index in [-0.39, 0.29) is 4.90 Å². The molecule has 1 aromatic carbocycles. The Morgan fingerprint density at radius 2 is 1.64 bits per heavy atom. The van der Waals surface area contributed by atoms with Gasteiger partial charge in [0.05, 0.1) is 12.0 Å². The summed E-state index contributed by atoms with van der Waals surface area (Å²) >= 11 is 5.91. The maximum absolute atomic E-state index is 11.4. The van der Waals surface area contributed by atoms with Gasteiger partial charge in [-0.05, 0) is 37.1 Å². The van der Waals surface area contributed by atoms with Gasteiger partial charge >= 0.3 is 0 Å². The summed E-state index contributed by atoms with van der Waals surface area (Å²) in [5.41, 5.74) is 1.45. The molecule has 0 bridgehead atoms. The smallest absolute Gasteiger partial charge is 0.270 e. The van der Waals surface area contributed by atoms with Gasteiger partial charge < -0.3 is 0 Å². The lowest BCUT2D eigenvalue weighted by Crippen LogP contribution is -2.03. The van der Waals surface area contributed by atoms with Gasteiger partial charge in [-0.15, -0.1) is 0 Å². The molecule has 14 heavy (non-hydrogen) atoms. The zero-order valence-electron chi connectivity index (χ0n) is 8.17. The number of aryl methyl sites for hydroxylation is 2. The van der Waals surface area contributed by atoms with E-state index < -0.39 is 10.1 Å². The van der Waals surface area contributed by atoms with Gasteiger partial charge in [0.15, 0.2) is 0 Å². The Labute approximate surface area is 88.8 Å². The Hall–Kier alpha value is -0.580. The minimum absolute atomic E-state index is 0.138. The van der Waals surface area contributed by atoms with Crippen molar-refractivity contribution in [3.05, 3.63) is 28.3 Å². The highest BCUT2D eigenvalue weighted by atomic mass is 35.5. The first-order chi connectivity index (χ1) is 6.38. The van der Waals surface area contributed by atoms with Crippen molar-refractivity contribution >= 4 is 21.7 Å². The van der Waals surface area contributed by atoms with Gasteiger partial charge in [-0.1, -0.05) is 11.6 Å². The molecular weight excluding hydrogens is 224 g/mol. The van der Waals surface area contributed by atoms with Crippen LogP contribution in [0.5, 0.6) is 0 Å². The molecule has 0 atom stereocenters. The molecule has 1 aromatic rings. The van der Waals surface area contributed by atoms with E-state index in [0.717, 1.165) is 18.2 Å². The van der Waals surface area contributed by atoms with Gasteiger partial charge in [-0.2, -0.15) is 8.42 Å². The lowest BCUT2D eigenvalue weighted by Gasteiger charge is -2.06. The molecule has 0 unspecified atom stereocenters. The lowest BCUT2D eigenvalue weighted by molar-refractivity contribution is 0.397. The molecular formula is C9H11ClO3S. The molecule has 0 amide bonds. The molecule has 0 fully saturated rings. The van der Waals surface area contributed by atoms with Crippen LogP contribution in [-0.2, 0) is 14.3 Å². The van der Waals surface area contributed by atoms with E-state index in [0.29, 0.717) is 5.02 Å². The molecule has 0 spiro atoms. The average Bonchev–Trinajstić information content (AvgIpc) is 2.13. The summed E-state index contributed by atoms with van der Waals surface area (Å²) < 4.78 is 27.1. The third kappa shape index (κ3) is 2.08. The highest BCUT2D eigenvalue weighted by Gasteiger charge is 2.15. The largest absolute Gasteiger partial charge is 0.296 e. The van der Waals surface area contributed by atoms with E-state index in [9.17, 15) is 8.42 Å². The van der Waals surface area contributed by atoms with Gasteiger partial charge in [-0.25, -0.2) is 0 Å². The van der Waals surface area contributed by atoms with Gasteiger partial charge in [0.1, 0.15) is 0 Å². The molecule has 0 aliphatic heterocycles. The maximum atomic E-state index is 11.4. The van der Waals surface area contributed by atoms with Crippen molar-refractivity contribution in [1.29, 1.82) is 0 Å². The van der Waals surface area contributed by atoms with Crippen molar-refractivity contribution in [2.45, 2.75) is 18.7 Å². The predicted octanol–water partition coefficient (Wildman–Crippen LogP) is 2.29. The van der Waals surface area contributed by atoms with Crippen LogP contribution >= 0.6 is 11.6 Å². The Morgan fingerprint density at radius 3 is 2.00 bits per heavy atom. The van der Waals surface area contributed by atoms with Crippen molar-refractivity contribution in [1.82, 2.24) is 0 Å². The van der Waals surface area contributed by atoms with Crippen LogP contribution in [0.15, 0.2) is 17.0 Å². The summed E-state index contributed by atoms with van der Waals surface area (Å²) in [7, 11) is -2.49. The number of rotatable bonds is 2. The second-order valence-corrected chi connectivity index (χ2v) is 5.08. The van der Waals surface area contributed by atoms with Crippen LogP contribution in [0, 0.1) is 13.8 Å². The van der Waals surface area contributed by atoms with Gasteiger partial charge in [0.2, 0.25) is 0 Å². The Bertz CT molecular complexity index is 428. The molecule has 0 heterocycles. The third-order valence-electron chi connectivity index (χ3n) is 1.92. The fourth-order valence-electron chi connectivity index (χ4n) is 1.15. The SMILES string of the molecule is COS(=O)(=O)c1cc(C)c(Cl)c(C)c1. The van der Waals surface area contributed by atoms with Crippen LogP contribution in [-0.4, -0.2) is 15.5 Å². The number of benzene rings is 1. The molecule has 5 heteroatoms. The average molecular weight is 235 g/mol. The van der Waals surface area contributed by atoms with Gasteiger partial charge in [0, 0.05) is 5.02 Å². The van der Waals surface area contributed by atoms with Crippen LogP contribution in [0.2, 0.25) is 5.02 Å². The molecule has 0 saturated carbocycles. The molecule has 0 aromatic heterocycles. The van der Waals surface area contributed by atoms with Crippen molar-refractivity contribution in [2.24, 2.45) is 0 Å². The summed E-state index contributed by atoms with van der Waals surface area (Å²) in [6, 6.07) is 2.99. The second-order valence-electron chi connectivity index (χ2n) is 2.99. The number of halogens is 1. The molecule has 0 radical (unpaired) electrons. The quantitative estimate of drug-likeness (QED) is 0.738. The standard InChI is InChI=1S/C9H11ClO3S/c1-6-4-8(14(11,12)13-3)5-7(2)9(6)10/h4-5H,1-3H3. The van der Waals surface area contributed by atoms with E-state index in [1.54, 1.807) is 13.8 Å². The predicted molar refractivity (Wildman–Crippen MR) is 55.1 cm³/mol. The van der Waals surface area contributed by atoms with Crippen molar-refractivity contribution < 1.29 is 12.6 Å². The van der Waals surface area contributed by atoms with Crippen molar-refractivity contribution in [3.8, 4) is 0 Å². The summed E-state index contributed by atoms with van der Waals surface area (Å²) in [5.74, 6) is 0. The second kappa shape index (κ2) is 3.88. The summed E-state index contributed by atoms with van der Waals surface area (Å²) in [6.07, 6.45) is 0. The normalized spacial score (nSPS) is 11.7. The van der Waals surface area contributed by atoms with Gasteiger partial charge in [0.25, 0.3) is 10.1 Å². The van der Waals surface area contributed by atoms with E-state index in [4.69, 9.17) is 11.6 Å². The van der Waals surface area contributed by atoms with Crippen LogP contribution in [0.1, 0.15) is 11.1 Å². The highest BCUT2D eigenvalue weighted by molar-refractivity contribution is 7.86. The number of hydrogen-bond donors (Lipinski definition) is 0. The van der Waals surface area contributed by atoms with Crippen molar-refractivity contribution in [2.75, 3.05) is 7.11 Å². The lowest BCUT2D eigenvalue weighted by atomic mass is 10.2. The number of hydrogen-bond acceptors (Lipinski definition) is 3. The minimum Gasteiger partial charge on any atom is -0.270 e. The zero-order chi connectivity index (χ0) is 10.9. The first-order valence-electron chi connectivity index (χ1n) is 3.96.